The molecule has 1 amide bonds. The topological polar surface area (TPSA) is 106 Å². The number of carbonyl (C=O) groups excluding carboxylic acids is 1. The van der Waals surface area contributed by atoms with Gasteiger partial charge in [-0.05, 0) is 50.4 Å². The quantitative estimate of drug-likeness (QED) is 0.509. The minimum atomic E-state index is -0.264. The Morgan fingerprint density at radius 1 is 1.27 bits per heavy atom. The first-order chi connectivity index (χ1) is 14.7. The third kappa shape index (κ3) is 3.92. The Balaban J connectivity index is 1.39. The molecule has 8 nitrogen and oxygen atoms in total. The SMILES string of the molecule is O=C(NC1CCCNC1)c1ccnc2nc(-c3ccc(N4CCC[C@H](O)C4)s3)[nH]c12. The zero-order chi connectivity index (χ0) is 20.5. The fraction of sp³-hybridized carbons (Fsp3) is 0.476. The molecule has 2 fully saturated rings. The molecule has 2 aliphatic heterocycles. The number of nitrogens with one attached hydrogen (secondary N) is 3. The van der Waals surface area contributed by atoms with E-state index in [0.717, 1.165) is 55.2 Å². The van der Waals surface area contributed by atoms with E-state index in [2.05, 4.69) is 36.6 Å². The van der Waals surface area contributed by atoms with Crippen molar-refractivity contribution in [2.75, 3.05) is 31.1 Å². The van der Waals surface area contributed by atoms with Gasteiger partial charge in [-0.15, -0.1) is 11.3 Å². The maximum atomic E-state index is 12.9. The molecule has 0 radical (unpaired) electrons. The first kappa shape index (κ1) is 19.5. The van der Waals surface area contributed by atoms with E-state index in [-0.39, 0.29) is 18.1 Å². The highest BCUT2D eigenvalue weighted by molar-refractivity contribution is 7.19. The van der Waals surface area contributed by atoms with Crippen LogP contribution < -0.4 is 15.5 Å². The third-order valence-electron chi connectivity index (χ3n) is 5.80. The number of thiophene rings is 1. The molecular formula is C21H26N6O2S. The first-order valence-corrected chi connectivity index (χ1v) is 11.4. The summed E-state index contributed by atoms with van der Waals surface area (Å²) in [5.41, 5.74) is 1.78. The van der Waals surface area contributed by atoms with Crippen LogP contribution in [0.1, 0.15) is 36.0 Å². The van der Waals surface area contributed by atoms with Gasteiger partial charge < -0.3 is 25.6 Å². The molecule has 2 aliphatic rings. The molecule has 0 saturated carbocycles. The molecule has 158 valence electrons. The average molecular weight is 427 g/mol. The van der Waals surface area contributed by atoms with Crippen molar-refractivity contribution in [2.45, 2.75) is 37.8 Å². The number of piperidine rings is 2. The number of carbonyl (C=O) groups is 1. The molecule has 0 aromatic carbocycles. The van der Waals surface area contributed by atoms with Crippen molar-refractivity contribution in [2.24, 2.45) is 0 Å². The van der Waals surface area contributed by atoms with Crippen molar-refractivity contribution in [1.29, 1.82) is 0 Å². The number of rotatable bonds is 4. The van der Waals surface area contributed by atoms with Crippen LogP contribution in [0, 0.1) is 0 Å². The fourth-order valence-electron chi connectivity index (χ4n) is 4.23. The number of hydrogen-bond donors (Lipinski definition) is 4. The number of anilines is 1. The number of aliphatic hydroxyl groups excluding tert-OH is 1. The van der Waals surface area contributed by atoms with Gasteiger partial charge in [-0.1, -0.05) is 0 Å². The fourth-order valence-corrected chi connectivity index (χ4v) is 5.22. The van der Waals surface area contributed by atoms with Crippen molar-refractivity contribution in [1.82, 2.24) is 25.6 Å². The smallest absolute Gasteiger partial charge is 0.253 e. The van der Waals surface area contributed by atoms with Gasteiger partial charge in [-0.2, -0.15) is 0 Å². The second kappa shape index (κ2) is 8.33. The van der Waals surface area contributed by atoms with Crippen LogP contribution in [0.15, 0.2) is 24.4 Å². The van der Waals surface area contributed by atoms with Gasteiger partial charge in [-0.25, -0.2) is 9.97 Å². The van der Waals surface area contributed by atoms with Gasteiger partial charge in [0, 0.05) is 31.9 Å². The van der Waals surface area contributed by atoms with Gasteiger partial charge in [0.05, 0.1) is 27.1 Å². The molecule has 3 aromatic rings. The van der Waals surface area contributed by atoms with Crippen LogP contribution in [0.5, 0.6) is 0 Å². The van der Waals surface area contributed by atoms with E-state index in [1.807, 2.05) is 6.07 Å². The minimum absolute atomic E-state index is 0.0968. The second-order valence-corrected chi connectivity index (χ2v) is 9.10. The number of aromatic nitrogens is 3. The number of aromatic amines is 1. The van der Waals surface area contributed by atoms with Gasteiger partial charge in [0.2, 0.25) is 0 Å². The normalized spacial score (nSPS) is 22.4. The number of nitrogens with zero attached hydrogens (tertiary/aromatic N) is 3. The molecule has 0 spiro atoms. The number of hydrogen-bond acceptors (Lipinski definition) is 7. The predicted molar refractivity (Wildman–Crippen MR) is 118 cm³/mol. The standard InChI is InChI=1S/C21H26N6O2S/c28-14-4-2-10-27(12-14)17-6-5-16(30-17)19-25-18-15(7-9-23-20(18)26-19)21(29)24-13-3-1-8-22-11-13/h5-7,9,13-14,22,28H,1-4,8,10-12H2,(H,24,29)(H,23,25,26)/t13?,14-/m0/s1. The van der Waals surface area contributed by atoms with E-state index in [0.29, 0.717) is 29.1 Å². The van der Waals surface area contributed by atoms with Crippen molar-refractivity contribution in [3.05, 3.63) is 30.0 Å². The highest BCUT2D eigenvalue weighted by Gasteiger charge is 2.22. The minimum Gasteiger partial charge on any atom is -0.391 e. The number of β-amino-alcohol motifs (C(OH)–C–C–N with tert-alkyl or cyclic N) is 1. The Morgan fingerprint density at radius 3 is 3.03 bits per heavy atom. The molecule has 2 atom stereocenters. The van der Waals surface area contributed by atoms with Crippen LogP contribution in [0.2, 0.25) is 0 Å². The van der Waals surface area contributed by atoms with Crippen LogP contribution in [-0.2, 0) is 0 Å². The number of amides is 1. The maximum absolute atomic E-state index is 12.9. The molecule has 9 heteroatoms. The van der Waals surface area contributed by atoms with E-state index in [9.17, 15) is 9.90 Å². The molecule has 0 aliphatic carbocycles. The monoisotopic (exact) mass is 426 g/mol. The number of fused-ring (bicyclic) bond motifs is 1. The Bertz CT molecular complexity index is 1040. The van der Waals surface area contributed by atoms with Crippen molar-refractivity contribution >= 4 is 33.4 Å². The first-order valence-electron chi connectivity index (χ1n) is 10.6. The lowest BCUT2D eigenvalue weighted by molar-refractivity contribution is 0.0932. The Hall–Kier alpha value is -2.49. The van der Waals surface area contributed by atoms with Crippen LogP contribution in [0.4, 0.5) is 5.00 Å². The highest BCUT2D eigenvalue weighted by Crippen LogP contribution is 2.34. The molecule has 5 heterocycles. The lowest BCUT2D eigenvalue weighted by atomic mass is 10.1. The lowest BCUT2D eigenvalue weighted by Gasteiger charge is -2.30. The van der Waals surface area contributed by atoms with Gasteiger partial charge in [0.1, 0.15) is 0 Å². The van der Waals surface area contributed by atoms with Gasteiger partial charge in [0.25, 0.3) is 5.91 Å². The van der Waals surface area contributed by atoms with Crippen LogP contribution in [0.25, 0.3) is 21.9 Å². The van der Waals surface area contributed by atoms with Crippen LogP contribution in [0.3, 0.4) is 0 Å². The molecule has 4 N–H and O–H groups in total. The van der Waals surface area contributed by atoms with Crippen molar-refractivity contribution < 1.29 is 9.90 Å². The summed E-state index contributed by atoms with van der Waals surface area (Å²) in [6.07, 6.45) is 5.30. The molecule has 30 heavy (non-hydrogen) atoms. The summed E-state index contributed by atoms with van der Waals surface area (Å²) < 4.78 is 0. The van der Waals surface area contributed by atoms with Crippen LogP contribution >= 0.6 is 11.3 Å². The Kier molecular flexibility index (Phi) is 5.41. The third-order valence-corrected chi connectivity index (χ3v) is 6.95. The van der Waals surface area contributed by atoms with E-state index in [1.54, 1.807) is 23.6 Å². The summed E-state index contributed by atoms with van der Waals surface area (Å²) >= 11 is 1.64. The number of imidazole rings is 1. The summed E-state index contributed by atoms with van der Waals surface area (Å²) in [5.74, 6) is 0.617. The number of pyridine rings is 1. The Labute approximate surface area is 178 Å². The summed E-state index contributed by atoms with van der Waals surface area (Å²) in [4.78, 5) is 28.4. The van der Waals surface area contributed by atoms with Crippen LogP contribution in [-0.4, -0.2) is 64.3 Å². The molecule has 0 bridgehead atoms. The summed E-state index contributed by atoms with van der Waals surface area (Å²) in [5, 5.41) is 17.5. The van der Waals surface area contributed by atoms with Gasteiger partial charge in [0.15, 0.2) is 11.5 Å². The maximum Gasteiger partial charge on any atom is 0.253 e. The predicted octanol–water partition coefficient (Wildman–Crippen LogP) is 2.13. The zero-order valence-corrected chi connectivity index (χ0v) is 17.5. The van der Waals surface area contributed by atoms with E-state index >= 15 is 0 Å². The summed E-state index contributed by atoms with van der Waals surface area (Å²) in [6.45, 7) is 3.44. The van der Waals surface area contributed by atoms with E-state index < -0.39 is 0 Å². The van der Waals surface area contributed by atoms with Crippen molar-refractivity contribution in [3.8, 4) is 10.7 Å². The molecule has 2 saturated heterocycles. The highest BCUT2D eigenvalue weighted by atomic mass is 32.1. The molecular weight excluding hydrogens is 400 g/mol. The summed E-state index contributed by atoms with van der Waals surface area (Å²) in [6, 6.07) is 6.00. The number of H-pyrrole nitrogens is 1. The molecule has 1 unspecified atom stereocenters. The molecule has 5 rings (SSSR count). The van der Waals surface area contributed by atoms with Crippen molar-refractivity contribution in [3.63, 3.8) is 0 Å². The lowest BCUT2D eigenvalue weighted by Crippen LogP contribution is -2.45. The van der Waals surface area contributed by atoms with E-state index in [1.165, 1.54) is 0 Å². The second-order valence-electron chi connectivity index (χ2n) is 8.04. The number of aliphatic hydroxyl groups is 1. The largest absolute Gasteiger partial charge is 0.391 e. The zero-order valence-electron chi connectivity index (χ0n) is 16.7. The molecule has 3 aromatic heterocycles. The average Bonchev–Trinajstić information content (AvgIpc) is 3.41. The van der Waals surface area contributed by atoms with Gasteiger partial charge >= 0.3 is 0 Å². The Morgan fingerprint density at radius 2 is 2.20 bits per heavy atom. The van der Waals surface area contributed by atoms with Gasteiger partial charge in [-0.3, -0.25) is 4.79 Å². The van der Waals surface area contributed by atoms with E-state index in [4.69, 9.17) is 0 Å². The summed E-state index contributed by atoms with van der Waals surface area (Å²) in [7, 11) is 0.